The van der Waals surface area contributed by atoms with Gasteiger partial charge < -0.3 is 14.3 Å². The number of hydrogen-bond donors (Lipinski definition) is 1. The minimum atomic E-state index is -0.721. The number of hydrogen-bond acceptors (Lipinski definition) is 2. The maximum atomic E-state index is 11.3. The number of carboxylic acids is 1. The second-order valence-electron chi connectivity index (χ2n) is 8.48. The number of benzene rings is 2. The lowest BCUT2D eigenvalue weighted by Crippen LogP contribution is -2.53. The fourth-order valence-electron chi connectivity index (χ4n) is 4.46. The van der Waals surface area contributed by atoms with E-state index in [0.717, 1.165) is 35.2 Å². The lowest BCUT2D eigenvalue weighted by molar-refractivity contribution is -0.940. The van der Waals surface area contributed by atoms with E-state index in [2.05, 4.69) is 58.2 Å². The van der Waals surface area contributed by atoms with E-state index >= 15 is 0 Å². The van der Waals surface area contributed by atoms with Gasteiger partial charge in [-0.1, -0.05) is 18.2 Å². The summed E-state index contributed by atoms with van der Waals surface area (Å²) in [5.41, 5.74) is 7.79. The zero-order chi connectivity index (χ0) is 20.5. The Labute approximate surface area is 168 Å². The smallest absolute Gasteiger partial charge is 0.309 e. The van der Waals surface area contributed by atoms with Crippen LogP contribution in [0.4, 0.5) is 0 Å². The summed E-state index contributed by atoms with van der Waals surface area (Å²) in [6.07, 6.45) is 2.08. The van der Waals surface area contributed by atoms with Gasteiger partial charge in [-0.2, -0.15) is 0 Å². The van der Waals surface area contributed by atoms with Gasteiger partial charge in [0.05, 0.1) is 33.7 Å². The molecule has 3 rings (SSSR count). The minimum Gasteiger partial charge on any atom is -0.496 e. The highest BCUT2D eigenvalue weighted by Gasteiger charge is 2.39. The topological polar surface area (TPSA) is 46.5 Å². The number of rotatable bonds is 6. The summed E-state index contributed by atoms with van der Waals surface area (Å²) < 4.78 is 6.29. The predicted octanol–water partition coefficient (Wildman–Crippen LogP) is 4.38. The van der Waals surface area contributed by atoms with Crippen LogP contribution in [0.2, 0.25) is 0 Å². The van der Waals surface area contributed by atoms with Crippen molar-refractivity contribution in [3.63, 3.8) is 0 Å². The average Bonchev–Trinajstić information content (AvgIpc) is 2.65. The summed E-state index contributed by atoms with van der Waals surface area (Å²) in [7, 11) is 3.93. The Morgan fingerprint density at radius 1 is 1.14 bits per heavy atom. The molecule has 2 aromatic rings. The van der Waals surface area contributed by atoms with Crippen molar-refractivity contribution >= 4 is 5.97 Å². The maximum absolute atomic E-state index is 11.3. The van der Waals surface area contributed by atoms with Crippen molar-refractivity contribution in [2.75, 3.05) is 27.2 Å². The maximum Gasteiger partial charge on any atom is 0.309 e. The number of quaternary nitrogens is 1. The van der Waals surface area contributed by atoms with Gasteiger partial charge in [0.25, 0.3) is 0 Å². The Morgan fingerprint density at radius 3 is 2.54 bits per heavy atom. The molecule has 1 N–H and O–H groups in total. The molecule has 0 aromatic heterocycles. The number of carbonyl (C=O) groups is 1. The van der Waals surface area contributed by atoms with Gasteiger partial charge >= 0.3 is 5.97 Å². The fourth-order valence-corrected chi connectivity index (χ4v) is 4.46. The van der Waals surface area contributed by atoms with Gasteiger partial charge in [-0.3, -0.25) is 4.79 Å². The summed E-state index contributed by atoms with van der Waals surface area (Å²) in [6.45, 7) is 8.00. The van der Waals surface area contributed by atoms with Crippen LogP contribution in [0.15, 0.2) is 30.3 Å². The van der Waals surface area contributed by atoms with Crippen LogP contribution in [-0.2, 0) is 17.6 Å². The first-order chi connectivity index (χ1) is 13.2. The molecule has 1 aliphatic heterocycles. The van der Waals surface area contributed by atoms with Crippen LogP contribution in [0.1, 0.15) is 45.8 Å². The first-order valence-electron chi connectivity index (χ1n) is 10.0. The first kappa shape index (κ1) is 20.4. The van der Waals surface area contributed by atoms with E-state index in [0.29, 0.717) is 6.54 Å². The second-order valence-corrected chi connectivity index (χ2v) is 8.48. The number of carboxylic acid groups (broad SMARTS) is 1. The molecule has 0 amide bonds. The van der Waals surface area contributed by atoms with Gasteiger partial charge in [-0.25, -0.2) is 0 Å². The zero-order valence-electron chi connectivity index (χ0n) is 17.7. The third-order valence-corrected chi connectivity index (χ3v) is 6.50. The molecule has 1 aliphatic rings. The molecule has 150 valence electrons. The van der Waals surface area contributed by atoms with E-state index in [1.165, 1.54) is 27.8 Å². The van der Waals surface area contributed by atoms with Crippen molar-refractivity contribution in [1.29, 1.82) is 0 Å². The van der Waals surface area contributed by atoms with E-state index in [1.807, 2.05) is 0 Å². The molecule has 0 aliphatic carbocycles. The Morgan fingerprint density at radius 2 is 1.86 bits per heavy atom. The molecule has 0 radical (unpaired) electrons. The summed E-state index contributed by atoms with van der Waals surface area (Å²) >= 11 is 0. The summed E-state index contributed by atoms with van der Waals surface area (Å²) in [6, 6.07) is 11.3. The van der Waals surface area contributed by atoms with Crippen LogP contribution >= 0.6 is 0 Å². The molecule has 28 heavy (non-hydrogen) atoms. The fraction of sp³-hybridized carbons (Fsp3) is 0.458. The molecule has 2 atom stereocenters. The van der Waals surface area contributed by atoms with Crippen LogP contribution in [0.3, 0.4) is 0 Å². The molecule has 0 fully saturated rings. The van der Waals surface area contributed by atoms with Crippen molar-refractivity contribution in [2.45, 2.75) is 46.1 Å². The first-order valence-corrected chi connectivity index (χ1v) is 10.0. The number of aliphatic carboxylic acids is 1. The lowest BCUT2D eigenvalue weighted by Gasteiger charge is -2.46. The third kappa shape index (κ3) is 4.07. The molecule has 2 aromatic carbocycles. The summed E-state index contributed by atoms with van der Waals surface area (Å²) in [5, 5.41) is 9.28. The third-order valence-electron chi connectivity index (χ3n) is 6.50. The molecular weight excluding hydrogens is 350 g/mol. The molecule has 0 saturated carbocycles. The van der Waals surface area contributed by atoms with Gasteiger partial charge in [0.15, 0.2) is 0 Å². The van der Waals surface area contributed by atoms with Crippen molar-refractivity contribution in [2.24, 2.45) is 0 Å². The van der Waals surface area contributed by atoms with E-state index in [-0.39, 0.29) is 12.5 Å². The summed E-state index contributed by atoms with van der Waals surface area (Å²) in [5.74, 6) is 0.189. The summed E-state index contributed by atoms with van der Waals surface area (Å²) in [4.78, 5) is 11.3. The van der Waals surface area contributed by atoms with Crippen LogP contribution in [-0.4, -0.2) is 42.8 Å². The van der Waals surface area contributed by atoms with Crippen molar-refractivity contribution in [1.82, 2.24) is 0 Å². The lowest BCUT2D eigenvalue weighted by atomic mass is 9.84. The van der Waals surface area contributed by atoms with Gasteiger partial charge in [-0.05, 0) is 60.7 Å². The Hall–Kier alpha value is -2.33. The van der Waals surface area contributed by atoms with Crippen molar-refractivity contribution in [3.05, 3.63) is 63.7 Å². The van der Waals surface area contributed by atoms with E-state index in [1.54, 1.807) is 7.11 Å². The largest absolute Gasteiger partial charge is 0.496 e. The molecule has 0 bridgehead atoms. The number of likely N-dealkylation sites (N-methyl/N-ethyl adjacent to an activating group) is 1. The van der Waals surface area contributed by atoms with Crippen LogP contribution in [0.5, 0.6) is 5.75 Å². The van der Waals surface area contributed by atoms with E-state index < -0.39 is 5.97 Å². The van der Waals surface area contributed by atoms with E-state index in [4.69, 9.17) is 4.74 Å². The Kier molecular flexibility index (Phi) is 5.80. The molecular formula is C24H32NO3+. The number of methoxy groups -OCH3 is 1. The van der Waals surface area contributed by atoms with E-state index in [9.17, 15) is 9.90 Å². The predicted molar refractivity (Wildman–Crippen MR) is 112 cm³/mol. The monoisotopic (exact) mass is 382 g/mol. The van der Waals surface area contributed by atoms with Crippen LogP contribution < -0.4 is 4.74 Å². The molecule has 0 spiro atoms. The molecule has 4 heteroatoms. The zero-order valence-corrected chi connectivity index (χ0v) is 17.7. The number of nitrogens with zero attached hydrogens (tertiary/aromatic N) is 1. The number of ether oxygens (including phenoxy) is 1. The second kappa shape index (κ2) is 7.96. The highest BCUT2D eigenvalue weighted by molar-refractivity contribution is 5.66. The van der Waals surface area contributed by atoms with Crippen LogP contribution in [0, 0.1) is 20.8 Å². The molecule has 0 unspecified atom stereocenters. The number of fused-ring (bicyclic) bond motifs is 1. The number of aryl methyl sites for hydroxylation is 3. The van der Waals surface area contributed by atoms with Crippen molar-refractivity contribution in [3.8, 4) is 5.75 Å². The Balaban J connectivity index is 2.03. The highest BCUT2D eigenvalue weighted by Crippen LogP contribution is 2.39. The van der Waals surface area contributed by atoms with Gasteiger partial charge in [-0.15, -0.1) is 0 Å². The van der Waals surface area contributed by atoms with Gasteiger partial charge in [0.1, 0.15) is 11.8 Å². The van der Waals surface area contributed by atoms with Crippen molar-refractivity contribution < 1.29 is 19.1 Å². The van der Waals surface area contributed by atoms with Gasteiger partial charge in [0, 0.05) is 18.4 Å². The molecule has 0 saturated heterocycles. The normalized spacial score (nSPS) is 21.2. The molecule has 1 heterocycles. The quantitative estimate of drug-likeness (QED) is 0.754. The van der Waals surface area contributed by atoms with Crippen LogP contribution in [0.25, 0.3) is 0 Å². The average molecular weight is 383 g/mol. The standard InChI is InChI=1S/C24H31NO3/c1-16-6-7-19(15-23(16)28-5)14-22-21-13-18(3)17(2)12-20(21)8-10-25(22,4)11-9-24(26)27/h6-7,12-13,15,22H,8-11,14H2,1-5H3/p+1/t22-,25-/m1/s1. The Bertz CT molecular complexity index is 890. The minimum absolute atomic E-state index is 0.199. The SMILES string of the molecule is COc1cc(C[C@@H]2c3cc(C)c(C)cc3CC[N@+]2(C)CCC(=O)O)ccc1C. The van der Waals surface area contributed by atoms with Gasteiger partial charge in [0.2, 0.25) is 0 Å². The highest BCUT2D eigenvalue weighted by atomic mass is 16.5. The molecule has 4 nitrogen and oxygen atoms in total.